The molecule has 3 nitrogen and oxygen atoms in total. The van der Waals surface area contributed by atoms with Crippen LogP contribution in [-0.2, 0) is 35.2 Å². The van der Waals surface area contributed by atoms with E-state index >= 15 is 0 Å². The molecular weight excluding hydrogens is 708 g/mol. The van der Waals surface area contributed by atoms with E-state index in [9.17, 15) is 0 Å². The number of ether oxygens (including phenoxy) is 1. The van der Waals surface area contributed by atoms with E-state index in [1.54, 1.807) is 0 Å². The Bertz CT molecular complexity index is 1450. The summed E-state index contributed by atoms with van der Waals surface area (Å²) >= 11 is -1.75. The molecule has 0 unspecified atom stereocenters. The van der Waals surface area contributed by atoms with Gasteiger partial charge in [0.15, 0.2) is 0 Å². The van der Waals surface area contributed by atoms with E-state index in [-0.39, 0.29) is 27.8 Å². The molecule has 47 heavy (non-hydrogen) atoms. The van der Waals surface area contributed by atoms with Gasteiger partial charge in [-0.05, 0) is 56.0 Å². The van der Waals surface area contributed by atoms with Crippen molar-refractivity contribution in [2.24, 2.45) is 0 Å². The molecule has 1 N–H and O–H groups in total. The van der Waals surface area contributed by atoms with E-state index in [1.165, 1.54) is 33.6 Å². The van der Waals surface area contributed by atoms with Crippen LogP contribution in [0, 0.1) is 6.67 Å². The van der Waals surface area contributed by atoms with E-state index in [0.717, 1.165) is 24.4 Å². The summed E-state index contributed by atoms with van der Waals surface area (Å²) in [5.74, 6) is 0.975. The van der Waals surface area contributed by atoms with Crippen molar-refractivity contribution in [3.05, 3.63) is 95.1 Å². The molecule has 1 aliphatic heterocycles. The summed E-state index contributed by atoms with van der Waals surface area (Å²) in [5.41, 5.74) is 9.79. The second-order valence-electron chi connectivity index (χ2n) is 17.1. The van der Waals surface area contributed by atoms with Crippen LogP contribution in [0.1, 0.15) is 125 Å². The van der Waals surface area contributed by atoms with Gasteiger partial charge < -0.3 is 9.80 Å². The van der Waals surface area contributed by atoms with E-state index in [2.05, 4.69) is 141 Å². The predicted molar refractivity (Wildman–Crippen MR) is 207 cm³/mol. The molecule has 1 fully saturated rings. The number of halogens is 2. The first-order valence-electron chi connectivity index (χ1n) is 16.8. The Morgan fingerprint density at radius 1 is 0.660 bits per heavy atom. The monoisotopic (exact) mass is 768 g/mol. The Labute approximate surface area is 300 Å². The Kier molecular flexibility index (Phi) is 12.9. The van der Waals surface area contributed by atoms with Crippen LogP contribution in [0.5, 0.6) is 5.75 Å². The molecule has 1 aliphatic rings. The van der Waals surface area contributed by atoms with Crippen molar-refractivity contribution in [1.82, 2.24) is 0 Å². The molecule has 0 aromatic heterocycles. The molecule has 0 bridgehead atoms. The maximum atomic E-state index is 5.83. The van der Waals surface area contributed by atoms with Gasteiger partial charge in [-0.25, -0.2) is 0 Å². The minimum absolute atomic E-state index is 0.0930. The van der Waals surface area contributed by atoms with Crippen LogP contribution < -0.4 is 9.80 Å². The van der Waals surface area contributed by atoms with Crippen LogP contribution in [0.4, 0.5) is 11.4 Å². The molecule has 0 spiro atoms. The first-order valence-corrected chi connectivity index (χ1v) is 22.3. The molecule has 3 aromatic carbocycles. The van der Waals surface area contributed by atoms with Gasteiger partial charge in [-0.3, -0.25) is 0 Å². The predicted octanol–water partition coefficient (Wildman–Crippen LogP) is 11.7. The fourth-order valence-electron chi connectivity index (χ4n) is 5.66. The maximum absolute atomic E-state index is 5.83. The number of aromatic hydroxyl groups is 1. The average Bonchev–Trinajstić information content (AvgIpc) is 3.42. The van der Waals surface area contributed by atoms with Crippen LogP contribution in [-0.4, -0.2) is 28.5 Å². The number of rotatable bonds is 5. The van der Waals surface area contributed by atoms with Crippen molar-refractivity contribution in [2.75, 3.05) is 22.9 Å². The van der Waals surface area contributed by atoms with Gasteiger partial charge in [0.2, 0.25) is 0 Å². The van der Waals surface area contributed by atoms with Crippen LogP contribution in [0.15, 0.2) is 60.7 Å². The third-order valence-electron chi connectivity index (χ3n) is 8.34. The fourth-order valence-corrected chi connectivity index (χ4v) is 7.47. The quantitative estimate of drug-likeness (QED) is 0.146. The molecular formula is C41H60Cl2N2ORu. The van der Waals surface area contributed by atoms with Crippen molar-refractivity contribution < 1.29 is 18.3 Å². The molecule has 0 aliphatic carbocycles. The molecule has 1 heterocycles. The molecule has 1 saturated heterocycles. The summed E-state index contributed by atoms with van der Waals surface area (Å²) in [6.07, 6.45) is 0.288. The molecule has 4 rings (SSSR count). The molecule has 262 valence electrons. The van der Waals surface area contributed by atoms with Crippen molar-refractivity contribution in [3.8, 4) is 5.75 Å². The van der Waals surface area contributed by atoms with Gasteiger partial charge in [0, 0.05) is 24.5 Å². The zero-order valence-electron chi connectivity index (χ0n) is 31.4. The Morgan fingerprint density at radius 3 is 1.45 bits per heavy atom. The van der Waals surface area contributed by atoms with Crippen LogP contribution in [0.3, 0.4) is 0 Å². The standard InChI is InChI=1S/C31H47N2.C10H12O.2ClH.Ru/c1-28(2,3)22-13-15-24(30(7,8)9)26(19-22)32-17-18-33(21-32)27-20-23(29(4,5)6)14-16-25(27)31(10,11)12;1-8(2)11-10-7-5-4-6-9(10)3;;;/h13-16,19-21H,17-18H2,1-12H3;3-8H,1-2H3;2*1H;/q-1;;;;+2/p-1. The number of hydrogen-bond acceptors (Lipinski definition) is 2. The average molecular weight is 769 g/mol. The van der Waals surface area contributed by atoms with E-state index < -0.39 is 13.5 Å². The van der Waals surface area contributed by atoms with Gasteiger partial charge in [-0.15, -0.1) is 0 Å². The molecule has 3 aromatic rings. The third-order valence-corrected chi connectivity index (χ3v) is 10.2. The van der Waals surface area contributed by atoms with Crippen LogP contribution >= 0.6 is 19.4 Å². The number of anilines is 2. The van der Waals surface area contributed by atoms with Gasteiger partial charge in [0.05, 0.1) is 0 Å². The first-order chi connectivity index (χ1) is 21.5. The summed E-state index contributed by atoms with van der Waals surface area (Å²) in [4.78, 5) is 4.96. The van der Waals surface area contributed by atoms with E-state index in [1.807, 2.05) is 42.7 Å². The summed E-state index contributed by atoms with van der Waals surface area (Å²) in [7, 11) is 11.7. The van der Waals surface area contributed by atoms with E-state index in [4.69, 9.17) is 19.4 Å². The van der Waals surface area contributed by atoms with Crippen molar-refractivity contribution in [3.63, 3.8) is 0 Å². The number of para-hydroxylation sites is 1. The van der Waals surface area contributed by atoms with Crippen molar-refractivity contribution >= 4 is 35.4 Å². The molecule has 0 radical (unpaired) electrons. The van der Waals surface area contributed by atoms with E-state index in [0.29, 0.717) is 0 Å². The first kappa shape index (κ1) is 39.6. The minimum atomic E-state index is -1.75. The summed E-state index contributed by atoms with van der Waals surface area (Å²) in [6.45, 7) is 36.2. The summed E-state index contributed by atoms with van der Waals surface area (Å²) < 4.78 is 6.41. The second-order valence-corrected chi connectivity index (χ2v) is 22.8. The van der Waals surface area contributed by atoms with Gasteiger partial charge >= 0.3 is 97.8 Å². The number of aliphatic hydroxyl groups is 1. The fraction of sp³-hybridized carbons (Fsp3) is 0.512. The van der Waals surface area contributed by atoms with Crippen LogP contribution in [0.2, 0.25) is 0 Å². The van der Waals surface area contributed by atoms with Gasteiger partial charge in [0.25, 0.3) is 0 Å². The van der Waals surface area contributed by atoms with Gasteiger partial charge in [-0.2, -0.15) is 6.67 Å². The Hall–Kier alpha value is -1.87. The van der Waals surface area contributed by atoms with Crippen molar-refractivity contribution in [2.45, 2.75) is 125 Å². The van der Waals surface area contributed by atoms with Crippen LogP contribution in [0.25, 0.3) is 0 Å². The number of benzene rings is 3. The molecule has 0 atom stereocenters. The number of nitrogens with zero attached hydrogens (tertiary/aromatic N) is 2. The Balaban J connectivity index is 0.000000358. The normalized spacial score (nSPS) is 14.6. The molecule has 0 saturated carbocycles. The zero-order chi connectivity index (χ0) is 35.5. The summed E-state index contributed by atoms with van der Waals surface area (Å²) in [5, 5.41) is 0. The van der Waals surface area contributed by atoms with Gasteiger partial charge in [-0.1, -0.05) is 107 Å². The topological polar surface area (TPSA) is 19.3 Å². The Morgan fingerprint density at radius 2 is 1.09 bits per heavy atom. The zero-order valence-corrected chi connectivity index (χ0v) is 34.6. The second kappa shape index (κ2) is 15.4. The van der Waals surface area contributed by atoms with Gasteiger partial charge in [0.1, 0.15) is 0 Å². The third kappa shape index (κ3) is 11.1. The molecule has 6 heteroatoms. The van der Waals surface area contributed by atoms with Crippen molar-refractivity contribution in [1.29, 1.82) is 0 Å². The SMILES string of the molecule is CC(C)(C)c1ccc(C(C)(C)C)c(N2[CH-]N(c3cc(C(C)(C)C)ccc3C(C)(C)C)CC2)c1.CC(C)[OH+]c1ccccc1[CH]=[Ru]([Cl])[Cl]. The summed E-state index contributed by atoms with van der Waals surface area (Å²) in [6, 6.07) is 22.1. The number of hydrogen-bond donors (Lipinski definition) is 0. The molecule has 0 amide bonds.